The molecule has 1 aromatic rings. The maximum absolute atomic E-state index is 13.1. The second kappa shape index (κ2) is 7.40. The highest BCUT2D eigenvalue weighted by molar-refractivity contribution is 7.89. The first-order chi connectivity index (χ1) is 10.4. The van der Waals surface area contributed by atoms with Crippen molar-refractivity contribution in [3.63, 3.8) is 0 Å². The van der Waals surface area contributed by atoms with Crippen LogP contribution in [0.25, 0.3) is 0 Å². The molecule has 1 fully saturated rings. The molecule has 1 heterocycles. The lowest BCUT2D eigenvalue weighted by molar-refractivity contribution is 0.239. The number of nitrogens with zero attached hydrogens (tertiary/aromatic N) is 1. The molecule has 1 aromatic carbocycles. The summed E-state index contributed by atoms with van der Waals surface area (Å²) in [7, 11) is -4.05. The first-order valence-electron chi connectivity index (χ1n) is 6.97. The lowest BCUT2D eigenvalue weighted by Gasteiger charge is -2.27. The maximum Gasteiger partial charge on any atom is 0.240 e. The SMILES string of the molecule is O=S(=O)(NCCCN1CCNCC1)c1cc(F)c(F)c(F)c1. The number of benzene rings is 1. The highest BCUT2D eigenvalue weighted by Crippen LogP contribution is 2.17. The Balaban J connectivity index is 1.88. The van der Waals surface area contributed by atoms with Crippen LogP contribution in [0.5, 0.6) is 0 Å². The molecule has 0 atom stereocenters. The Hall–Kier alpha value is -1.16. The molecule has 0 aliphatic carbocycles. The molecule has 9 heteroatoms. The molecule has 22 heavy (non-hydrogen) atoms. The molecule has 0 saturated carbocycles. The topological polar surface area (TPSA) is 61.4 Å². The average Bonchev–Trinajstić information content (AvgIpc) is 2.50. The molecule has 2 N–H and O–H groups in total. The van der Waals surface area contributed by atoms with E-state index in [0.29, 0.717) is 18.6 Å². The largest absolute Gasteiger partial charge is 0.314 e. The molecule has 0 aromatic heterocycles. The zero-order valence-electron chi connectivity index (χ0n) is 11.9. The minimum Gasteiger partial charge on any atom is -0.314 e. The molecule has 1 aliphatic heterocycles. The van der Waals surface area contributed by atoms with E-state index in [1.165, 1.54) is 0 Å². The Morgan fingerprint density at radius 1 is 1.14 bits per heavy atom. The quantitative estimate of drug-likeness (QED) is 0.592. The molecule has 0 unspecified atom stereocenters. The molecule has 0 spiro atoms. The molecular weight excluding hydrogens is 319 g/mol. The minimum absolute atomic E-state index is 0.146. The molecule has 124 valence electrons. The van der Waals surface area contributed by atoms with Gasteiger partial charge in [0.1, 0.15) is 0 Å². The Bertz CT molecular complexity index is 596. The summed E-state index contributed by atoms with van der Waals surface area (Å²) in [4.78, 5) is 1.58. The molecule has 0 radical (unpaired) electrons. The van der Waals surface area contributed by atoms with E-state index in [-0.39, 0.29) is 6.54 Å². The van der Waals surface area contributed by atoms with Gasteiger partial charge in [-0.2, -0.15) is 0 Å². The molecule has 0 bridgehead atoms. The monoisotopic (exact) mass is 337 g/mol. The fourth-order valence-electron chi connectivity index (χ4n) is 2.21. The fourth-order valence-corrected chi connectivity index (χ4v) is 3.31. The number of halogens is 3. The Kier molecular flexibility index (Phi) is 5.79. The van der Waals surface area contributed by atoms with Gasteiger partial charge in [-0.3, -0.25) is 0 Å². The van der Waals surface area contributed by atoms with Crippen molar-refractivity contribution in [2.45, 2.75) is 11.3 Å². The van der Waals surface area contributed by atoms with Crippen molar-refractivity contribution < 1.29 is 21.6 Å². The lowest BCUT2D eigenvalue weighted by atomic mass is 10.3. The van der Waals surface area contributed by atoms with Crippen LogP contribution in [0, 0.1) is 17.5 Å². The molecule has 0 amide bonds. The number of sulfonamides is 1. The van der Waals surface area contributed by atoms with Gasteiger partial charge in [-0.05, 0) is 25.1 Å². The fraction of sp³-hybridized carbons (Fsp3) is 0.538. The van der Waals surface area contributed by atoms with Crippen molar-refractivity contribution in [1.29, 1.82) is 0 Å². The van der Waals surface area contributed by atoms with Gasteiger partial charge in [0.05, 0.1) is 4.90 Å². The summed E-state index contributed by atoms with van der Waals surface area (Å²) in [5.74, 6) is -4.74. The van der Waals surface area contributed by atoms with Crippen molar-refractivity contribution in [3.8, 4) is 0 Å². The first-order valence-corrected chi connectivity index (χ1v) is 8.46. The summed E-state index contributed by atoms with van der Waals surface area (Å²) < 4.78 is 65.1. The van der Waals surface area contributed by atoms with Crippen LogP contribution in [0.2, 0.25) is 0 Å². The van der Waals surface area contributed by atoms with Crippen LogP contribution >= 0.6 is 0 Å². The summed E-state index contributed by atoms with van der Waals surface area (Å²) in [6.45, 7) is 4.49. The third-order valence-electron chi connectivity index (χ3n) is 3.42. The summed E-state index contributed by atoms with van der Waals surface area (Å²) in [5, 5.41) is 3.21. The summed E-state index contributed by atoms with van der Waals surface area (Å²) in [6, 6.07) is 0.939. The summed E-state index contributed by atoms with van der Waals surface area (Å²) in [5.41, 5.74) is 0. The summed E-state index contributed by atoms with van der Waals surface area (Å²) in [6.07, 6.45) is 0.575. The lowest BCUT2D eigenvalue weighted by Crippen LogP contribution is -2.44. The number of nitrogens with one attached hydrogen (secondary N) is 2. The van der Waals surface area contributed by atoms with Crippen molar-refractivity contribution in [2.24, 2.45) is 0 Å². The van der Waals surface area contributed by atoms with Crippen LogP contribution in [0.1, 0.15) is 6.42 Å². The highest BCUT2D eigenvalue weighted by atomic mass is 32.2. The van der Waals surface area contributed by atoms with E-state index < -0.39 is 32.4 Å². The van der Waals surface area contributed by atoms with E-state index in [9.17, 15) is 21.6 Å². The molecule has 1 aliphatic rings. The highest BCUT2D eigenvalue weighted by Gasteiger charge is 2.19. The van der Waals surface area contributed by atoms with Crippen LogP contribution in [-0.4, -0.2) is 52.6 Å². The normalized spacial score (nSPS) is 16.9. The molecule has 1 saturated heterocycles. The minimum atomic E-state index is -4.05. The predicted molar refractivity (Wildman–Crippen MR) is 75.4 cm³/mol. The van der Waals surface area contributed by atoms with E-state index in [1.54, 1.807) is 0 Å². The summed E-state index contributed by atoms with van der Waals surface area (Å²) >= 11 is 0. The second-order valence-electron chi connectivity index (χ2n) is 5.04. The zero-order chi connectivity index (χ0) is 16.2. The van der Waals surface area contributed by atoms with E-state index in [0.717, 1.165) is 32.7 Å². The standard InChI is InChI=1S/C13H18F3N3O2S/c14-11-8-10(9-12(15)13(11)16)22(20,21)18-2-1-5-19-6-3-17-4-7-19/h8-9,17-18H,1-7H2. The van der Waals surface area contributed by atoms with E-state index in [1.807, 2.05) is 0 Å². The number of hydrogen-bond acceptors (Lipinski definition) is 4. The molecule has 5 nitrogen and oxygen atoms in total. The van der Waals surface area contributed by atoms with Crippen LogP contribution in [0.3, 0.4) is 0 Å². The number of hydrogen-bond donors (Lipinski definition) is 2. The van der Waals surface area contributed by atoms with Crippen LogP contribution in [0.4, 0.5) is 13.2 Å². The van der Waals surface area contributed by atoms with Gasteiger partial charge in [0.15, 0.2) is 17.5 Å². The Labute approximate surface area is 127 Å². The number of piperazine rings is 1. The van der Waals surface area contributed by atoms with Crippen molar-refractivity contribution in [3.05, 3.63) is 29.6 Å². The third kappa shape index (κ3) is 4.42. The second-order valence-corrected chi connectivity index (χ2v) is 6.81. The Morgan fingerprint density at radius 2 is 1.73 bits per heavy atom. The maximum atomic E-state index is 13.1. The average molecular weight is 337 g/mol. The van der Waals surface area contributed by atoms with Gasteiger partial charge in [-0.25, -0.2) is 26.3 Å². The van der Waals surface area contributed by atoms with Gasteiger partial charge in [0.2, 0.25) is 10.0 Å². The van der Waals surface area contributed by atoms with Crippen LogP contribution in [-0.2, 0) is 10.0 Å². The van der Waals surface area contributed by atoms with Crippen LogP contribution in [0.15, 0.2) is 17.0 Å². The van der Waals surface area contributed by atoms with Gasteiger partial charge in [0.25, 0.3) is 0 Å². The molecule has 2 rings (SSSR count). The van der Waals surface area contributed by atoms with Crippen LogP contribution < -0.4 is 10.0 Å². The number of rotatable bonds is 6. The Morgan fingerprint density at radius 3 is 2.32 bits per heavy atom. The van der Waals surface area contributed by atoms with Gasteiger partial charge in [-0.1, -0.05) is 0 Å². The molecular formula is C13H18F3N3O2S. The van der Waals surface area contributed by atoms with Crippen molar-refractivity contribution >= 4 is 10.0 Å². The van der Waals surface area contributed by atoms with E-state index in [2.05, 4.69) is 14.9 Å². The van der Waals surface area contributed by atoms with E-state index in [4.69, 9.17) is 0 Å². The van der Waals surface area contributed by atoms with Gasteiger partial charge >= 0.3 is 0 Å². The third-order valence-corrected chi connectivity index (χ3v) is 4.86. The van der Waals surface area contributed by atoms with E-state index >= 15 is 0 Å². The van der Waals surface area contributed by atoms with Gasteiger partial charge in [-0.15, -0.1) is 0 Å². The predicted octanol–water partition coefficient (Wildman–Crippen LogP) is 0.677. The van der Waals surface area contributed by atoms with Gasteiger partial charge in [0, 0.05) is 32.7 Å². The zero-order valence-corrected chi connectivity index (χ0v) is 12.7. The first kappa shape index (κ1) is 17.2. The van der Waals surface area contributed by atoms with Crippen molar-refractivity contribution in [2.75, 3.05) is 39.3 Å². The van der Waals surface area contributed by atoms with Crippen molar-refractivity contribution in [1.82, 2.24) is 14.9 Å². The smallest absolute Gasteiger partial charge is 0.240 e. The van der Waals surface area contributed by atoms with Gasteiger partial charge < -0.3 is 10.2 Å².